The van der Waals surface area contributed by atoms with Crippen LogP contribution in [0.1, 0.15) is 20.3 Å². The van der Waals surface area contributed by atoms with Crippen LogP contribution >= 0.6 is 0 Å². The zero-order valence-corrected chi connectivity index (χ0v) is 4.94. The lowest BCUT2D eigenvalue weighted by Gasteiger charge is -1.84. The molecular weight excluding hydrogens is 100 g/mol. The van der Waals surface area contributed by atoms with Gasteiger partial charge in [-0.15, -0.1) is 0 Å². The van der Waals surface area contributed by atoms with Gasteiger partial charge in [-0.2, -0.15) is 5.10 Å². The molecule has 0 spiro atoms. The lowest BCUT2D eigenvalue weighted by Crippen LogP contribution is -1.74. The van der Waals surface area contributed by atoms with Gasteiger partial charge in [0.25, 0.3) is 0 Å². The Hall–Kier alpha value is -0.790. The van der Waals surface area contributed by atoms with E-state index in [2.05, 4.69) is 17.1 Å². The van der Waals surface area contributed by atoms with E-state index in [1.807, 2.05) is 0 Å². The summed E-state index contributed by atoms with van der Waals surface area (Å²) < 4.78 is 7.21. The van der Waals surface area contributed by atoms with Crippen molar-refractivity contribution in [1.82, 2.24) is 10.2 Å². The highest BCUT2D eigenvalue weighted by atomic mass is 15.1. The van der Waals surface area contributed by atoms with Gasteiger partial charge in [-0.1, -0.05) is 13.3 Å². The van der Waals surface area contributed by atoms with Gasteiger partial charge in [0.15, 0.2) is 0 Å². The van der Waals surface area contributed by atoms with E-state index in [1.54, 1.807) is 6.20 Å². The summed E-state index contributed by atoms with van der Waals surface area (Å²) >= 11 is 0. The van der Waals surface area contributed by atoms with Crippen molar-refractivity contribution in [1.29, 1.82) is 0 Å². The highest BCUT2D eigenvalue weighted by Gasteiger charge is 1.87. The van der Waals surface area contributed by atoms with E-state index in [1.165, 1.54) is 0 Å². The van der Waals surface area contributed by atoms with Crippen molar-refractivity contribution in [3.63, 3.8) is 0 Å². The van der Waals surface area contributed by atoms with Crippen LogP contribution in [0, 0.1) is 0 Å². The van der Waals surface area contributed by atoms with E-state index in [0.717, 1.165) is 18.4 Å². The number of aryl methyl sites for hydroxylation is 1. The first kappa shape index (κ1) is 4.13. The van der Waals surface area contributed by atoms with E-state index in [4.69, 9.17) is 1.37 Å². The molecule has 0 aliphatic heterocycles. The average Bonchev–Trinajstić information content (AvgIpc) is 2.18. The minimum atomic E-state index is 0.386. The zero-order valence-electron chi connectivity index (χ0n) is 5.94. The second-order valence-corrected chi connectivity index (χ2v) is 1.77. The van der Waals surface area contributed by atoms with E-state index in [0.29, 0.717) is 6.17 Å². The smallest absolute Gasteiger partial charge is 0.0863 e. The Kier molecular flexibility index (Phi) is 1.29. The van der Waals surface area contributed by atoms with Gasteiger partial charge < -0.3 is 0 Å². The lowest BCUT2D eigenvalue weighted by molar-refractivity contribution is 0.923. The Morgan fingerprint density at radius 2 is 2.88 bits per heavy atom. The second kappa shape index (κ2) is 2.50. The van der Waals surface area contributed by atoms with Gasteiger partial charge >= 0.3 is 0 Å². The van der Waals surface area contributed by atoms with Crippen molar-refractivity contribution in [3.05, 3.63) is 17.9 Å². The minimum absolute atomic E-state index is 0.386. The van der Waals surface area contributed by atoms with Gasteiger partial charge in [-0.05, 0) is 12.0 Å². The van der Waals surface area contributed by atoms with Crippen LogP contribution in [-0.2, 0) is 6.42 Å². The molecule has 0 radical (unpaired) electrons. The number of nitrogens with one attached hydrogen (secondary N) is 1. The number of aromatic amines is 1. The molecule has 0 aliphatic carbocycles. The number of hydrogen-bond acceptors (Lipinski definition) is 1. The highest BCUT2D eigenvalue weighted by Crippen LogP contribution is 1.96. The summed E-state index contributed by atoms with van der Waals surface area (Å²) in [5, 5.41) is 6.32. The average molecular weight is 111 g/mol. The van der Waals surface area contributed by atoms with Crippen LogP contribution < -0.4 is 0 Å². The monoisotopic (exact) mass is 111 g/mol. The number of rotatable bonds is 2. The Balaban J connectivity index is 2.69. The van der Waals surface area contributed by atoms with Crippen LogP contribution in [0.3, 0.4) is 0 Å². The fourth-order valence-electron chi connectivity index (χ4n) is 0.644. The highest BCUT2D eigenvalue weighted by molar-refractivity contribution is 5.01. The van der Waals surface area contributed by atoms with Crippen molar-refractivity contribution >= 4 is 0 Å². The summed E-state index contributed by atoms with van der Waals surface area (Å²) in [4.78, 5) is 0. The number of aromatic nitrogens is 2. The van der Waals surface area contributed by atoms with Crippen molar-refractivity contribution < 1.29 is 1.37 Å². The molecule has 0 bridgehead atoms. The summed E-state index contributed by atoms with van der Waals surface area (Å²) in [6.45, 7) is 2.09. The first-order valence-electron chi connectivity index (χ1n) is 3.34. The Bertz CT molecular complexity index is 183. The third-order valence-corrected chi connectivity index (χ3v) is 1.02. The summed E-state index contributed by atoms with van der Waals surface area (Å²) in [5.41, 5.74) is 1.01. The quantitative estimate of drug-likeness (QED) is 0.613. The molecule has 1 heterocycles. The molecule has 0 atom stereocenters. The molecule has 44 valence electrons. The summed E-state index contributed by atoms with van der Waals surface area (Å²) in [6, 6.07) is 0. The molecular formula is C6H10N2. The van der Waals surface area contributed by atoms with E-state index in [-0.39, 0.29) is 0 Å². The predicted octanol–water partition coefficient (Wildman–Crippen LogP) is 1.36. The van der Waals surface area contributed by atoms with Crippen LogP contribution in [0.5, 0.6) is 0 Å². The second-order valence-electron chi connectivity index (χ2n) is 1.77. The minimum Gasteiger partial charge on any atom is -0.285 e. The van der Waals surface area contributed by atoms with Crippen LogP contribution in [0.25, 0.3) is 0 Å². The van der Waals surface area contributed by atoms with Crippen LogP contribution in [0.15, 0.2) is 12.4 Å². The van der Waals surface area contributed by atoms with Crippen LogP contribution in [0.4, 0.5) is 0 Å². The van der Waals surface area contributed by atoms with E-state index in [9.17, 15) is 0 Å². The fourth-order valence-corrected chi connectivity index (χ4v) is 0.644. The molecule has 0 aromatic carbocycles. The SMILES string of the molecule is [2H]c1n[nH]cc1CCC. The van der Waals surface area contributed by atoms with Gasteiger partial charge in [0.2, 0.25) is 0 Å². The van der Waals surface area contributed by atoms with Crippen molar-refractivity contribution in [2.24, 2.45) is 0 Å². The molecule has 0 saturated carbocycles. The molecule has 0 amide bonds. The lowest BCUT2D eigenvalue weighted by atomic mass is 10.2. The van der Waals surface area contributed by atoms with Crippen molar-refractivity contribution in [2.75, 3.05) is 0 Å². The first-order chi connectivity index (χ1) is 4.34. The van der Waals surface area contributed by atoms with Gasteiger partial charge in [0, 0.05) is 6.20 Å². The Morgan fingerprint density at radius 3 is 3.38 bits per heavy atom. The first-order valence-corrected chi connectivity index (χ1v) is 2.84. The maximum absolute atomic E-state index is 7.21. The molecule has 1 rings (SSSR count). The molecule has 1 N–H and O–H groups in total. The van der Waals surface area contributed by atoms with Crippen LogP contribution in [0.2, 0.25) is 0 Å². The summed E-state index contributed by atoms with van der Waals surface area (Å²) in [6.07, 6.45) is 4.20. The molecule has 0 aliphatic rings. The maximum Gasteiger partial charge on any atom is 0.0863 e. The van der Waals surface area contributed by atoms with Gasteiger partial charge in [0.1, 0.15) is 0 Å². The summed E-state index contributed by atoms with van der Waals surface area (Å²) in [5.74, 6) is 0. The topological polar surface area (TPSA) is 28.7 Å². The van der Waals surface area contributed by atoms with Crippen molar-refractivity contribution in [3.8, 4) is 0 Å². The van der Waals surface area contributed by atoms with Crippen LogP contribution in [-0.4, -0.2) is 10.2 Å². The molecule has 8 heavy (non-hydrogen) atoms. The summed E-state index contributed by atoms with van der Waals surface area (Å²) in [7, 11) is 0. The van der Waals surface area contributed by atoms with E-state index >= 15 is 0 Å². The fraction of sp³-hybridized carbons (Fsp3) is 0.500. The molecule has 0 saturated heterocycles. The molecule has 1 aromatic rings. The molecule has 2 nitrogen and oxygen atoms in total. The Morgan fingerprint density at radius 1 is 2.00 bits per heavy atom. The standard InChI is InChI=1S/C6H10N2/c1-2-3-6-4-7-8-5-6/h4-5H,2-3H2,1H3,(H,7,8)/i4D. The third kappa shape index (κ3) is 1.09. The predicted molar refractivity (Wildman–Crippen MR) is 32.6 cm³/mol. The molecule has 2 heteroatoms. The van der Waals surface area contributed by atoms with Gasteiger partial charge in [-0.25, -0.2) is 0 Å². The third-order valence-electron chi connectivity index (χ3n) is 1.02. The number of H-pyrrole nitrogens is 1. The normalized spacial score (nSPS) is 11.4. The number of hydrogen-bond donors (Lipinski definition) is 1. The van der Waals surface area contributed by atoms with Gasteiger partial charge in [0.05, 0.1) is 7.54 Å². The molecule has 0 unspecified atom stereocenters. The molecule has 0 fully saturated rings. The van der Waals surface area contributed by atoms with E-state index < -0.39 is 0 Å². The van der Waals surface area contributed by atoms with Gasteiger partial charge in [-0.3, -0.25) is 5.10 Å². The zero-order chi connectivity index (χ0) is 6.69. The molecule has 1 aromatic heterocycles. The largest absolute Gasteiger partial charge is 0.285 e. The van der Waals surface area contributed by atoms with Crippen molar-refractivity contribution in [2.45, 2.75) is 19.8 Å². The Labute approximate surface area is 50.3 Å². The number of nitrogens with zero attached hydrogens (tertiary/aromatic N) is 1. The maximum atomic E-state index is 7.21.